The average Bonchev–Trinajstić information content (AvgIpc) is 2.48. The summed E-state index contributed by atoms with van der Waals surface area (Å²) in [7, 11) is 0. The van der Waals surface area contributed by atoms with Gasteiger partial charge in [-0.1, -0.05) is 0 Å². The number of nitrogens with two attached hydrogens (primary N) is 1. The Balaban J connectivity index is 2.08. The minimum atomic E-state index is 0.0332. The molecule has 1 aromatic rings. The molecule has 0 bridgehead atoms. The number of hydrogen-bond acceptors (Lipinski definition) is 4. The maximum atomic E-state index is 11.4. The first-order valence-electron chi connectivity index (χ1n) is 5.71. The van der Waals surface area contributed by atoms with E-state index in [1.54, 1.807) is 18.2 Å². The number of benzene rings is 1. The van der Waals surface area contributed by atoms with E-state index in [9.17, 15) is 9.90 Å². The average molecular weight is 235 g/mol. The summed E-state index contributed by atoms with van der Waals surface area (Å²) < 4.78 is 0. The number of carbonyl (C=O) groups excluding carboxylic acids is 1. The molecule has 0 aliphatic carbocycles. The largest absolute Gasteiger partial charge is 0.508 e. The molecule has 17 heavy (non-hydrogen) atoms. The zero-order valence-electron chi connectivity index (χ0n) is 9.65. The maximum Gasteiger partial charge on any atom is 0.234 e. The van der Waals surface area contributed by atoms with Crippen molar-refractivity contribution in [3.63, 3.8) is 0 Å². The molecule has 2 rings (SSSR count). The fourth-order valence-electron chi connectivity index (χ4n) is 1.98. The van der Waals surface area contributed by atoms with Crippen LogP contribution in [0, 0.1) is 0 Å². The second-order valence-corrected chi connectivity index (χ2v) is 4.30. The number of phenolic OH excluding ortho intramolecular Hbond substituents is 1. The number of hydrogen-bond donors (Lipinski definition) is 3. The number of carbonyl (C=O) groups is 1. The molecule has 0 radical (unpaired) electrons. The second kappa shape index (κ2) is 5.05. The Morgan fingerprint density at radius 2 is 2.29 bits per heavy atom. The van der Waals surface area contributed by atoms with E-state index in [1.807, 2.05) is 4.90 Å². The normalized spacial score (nSPS) is 17.5. The monoisotopic (exact) mass is 235 g/mol. The van der Waals surface area contributed by atoms with Crippen LogP contribution in [0.25, 0.3) is 0 Å². The molecule has 1 aliphatic rings. The minimum absolute atomic E-state index is 0.0332. The van der Waals surface area contributed by atoms with Crippen LogP contribution in [0.2, 0.25) is 0 Å². The molecule has 1 heterocycles. The van der Waals surface area contributed by atoms with Crippen molar-refractivity contribution in [1.29, 1.82) is 0 Å². The Kier molecular flexibility index (Phi) is 3.49. The zero-order chi connectivity index (χ0) is 12.3. The predicted octanol–water partition coefficient (Wildman–Crippen LogP) is 0.296. The van der Waals surface area contributed by atoms with Gasteiger partial charge in [0.1, 0.15) is 5.75 Å². The fourth-order valence-corrected chi connectivity index (χ4v) is 1.98. The van der Waals surface area contributed by atoms with Crippen LogP contribution in [0.5, 0.6) is 5.75 Å². The number of nitrogen functional groups attached to an aromatic ring is 1. The van der Waals surface area contributed by atoms with Gasteiger partial charge in [0.2, 0.25) is 5.91 Å². The smallest absolute Gasteiger partial charge is 0.234 e. The summed E-state index contributed by atoms with van der Waals surface area (Å²) in [5.41, 5.74) is 7.07. The lowest BCUT2D eigenvalue weighted by atomic mass is 10.1. The van der Waals surface area contributed by atoms with Crippen molar-refractivity contribution in [2.24, 2.45) is 0 Å². The Morgan fingerprint density at radius 3 is 3.12 bits per heavy atom. The van der Waals surface area contributed by atoms with E-state index < -0.39 is 0 Å². The Hall–Kier alpha value is -1.75. The fraction of sp³-hybridized carbons (Fsp3) is 0.417. The molecule has 0 atom stereocenters. The van der Waals surface area contributed by atoms with Gasteiger partial charge in [-0.2, -0.15) is 0 Å². The molecule has 5 heteroatoms. The van der Waals surface area contributed by atoms with Crippen LogP contribution in [0.1, 0.15) is 12.0 Å². The first-order chi connectivity index (χ1) is 8.15. The first-order valence-corrected chi connectivity index (χ1v) is 5.71. The lowest BCUT2D eigenvalue weighted by Gasteiger charge is -2.19. The zero-order valence-corrected chi connectivity index (χ0v) is 9.65. The van der Waals surface area contributed by atoms with E-state index in [0.717, 1.165) is 25.1 Å². The molecule has 5 nitrogen and oxygen atoms in total. The number of nitrogens with zero attached hydrogens (tertiary/aromatic N) is 1. The van der Waals surface area contributed by atoms with E-state index in [-0.39, 0.29) is 11.7 Å². The first kappa shape index (κ1) is 11.7. The standard InChI is InChI=1S/C12H17N3O2/c13-10-2-3-11(16)9(6-10)7-15-5-1-4-14-12(17)8-15/h2-3,6,16H,1,4-5,7-8,13H2,(H,14,17). The predicted molar refractivity (Wildman–Crippen MR) is 65.4 cm³/mol. The van der Waals surface area contributed by atoms with Crippen molar-refractivity contribution in [1.82, 2.24) is 10.2 Å². The SMILES string of the molecule is Nc1ccc(O)c(CN2CCCNC(=O)C2)c1. The van der Waals surface area contributed by atoms with Crippen molar-refractivity contribution < 1.29 is 9.90 Å². The molecule has 0 aromatic heterocycles. The summed E-state index contributed by atoms with van der Waals surface area (Å²) in [5, 5.41) is 12.5. The summed E-state index contributed by atoms with van der Waals surface area (Å²) in [4.78, 5) is 13.4. The van der Waals surface area contributed by atoms with E-state index >= 15 is 0 Å². The van der Waals surface area contributed by atoms with Gasteiger partial charge in [0.05, 0.1) is 6.54 Å². The Bertz CT molecular complexity index is 420. The molecule has 4 N–H and O–H groups in total. The van der Waals surface area contributed by atoms with Crippen molar-refractivity contribution in [2.75, 3.05) is 25.4 Å². The Morgan fingerprint density at radius 1 is 1.47 bits per heavy atom. The van der Waals surface area contributed by atoms with Gasteiger partial charge in [-0.15, -0.1) is 0 Å². The van der Waals surface area contributed by atoms with Gasteiger partial charge in [0.25, 0.3) is 0 Å². The maximum absolute atomic E-state index is 11.4. The quantitative estimate of drug-likeness (QED) is 0.509. The van der Waals surface area contributed by atoms with Crippen LogP contribution in [-0.4, -0.2) is 35.5 Å². The lowest BCUT2D eigenvalue weighted by molar-refractivity contribution is -0.121. The molecule has 1 saturated heterocycles. The van der Waals surface area contributed by atoms with Crippen LogP contribution in [0.3, 0.4) is 0 Å². The highest BCUT2D eigenvalue weighted by Crippen LogP contribution is 2.21. The third-order valence-corrected chi connectivity index (χ3v) is 2.84. The van der Waals surface area contributed by atoms with Crippen LogP contribution < -0.4 is 11.1 Å². The van der Waals surface area contributed by atoms with E-state index in [2.05, 4.69) is 5.32 Å². The summed E-state index contributed by atoms with van der Waals surface area (Å²) >= 11 is 0. The van der Waals surface area contributed by atoms with Gasteiger partial charge in [-0.3, -0.25) is 9.69 Å². The summed E-state index contributed by atoms with van der Waals surface area (Å²) in [6.07, 6.45) is 0.925. The van der Waals surface area contributed by atoms with Gasteiger partial charge in [0, 0.05) is 30.9 Å². The van der Waals surface area contributed by atoms with Gasteiger partial charge in [-0.05, 0) is 24.6 Å². The second-order valence-electron chi connectivity index (χ2n) is 4.30. The highest BCUT2D eigenvalue weighted by molar-refractivity contribution is 5.78. The molecule has 92 valence electrons. The lowest BCUT2D eigenvalue weighted by Crippen LogP contribution is -2.32. The number of aromatic hydroxyl groups is 1. The number of anilines is 1. The van der Waals surface area contributed by atoms with Crippen molar-refractivity contribution in [3.05, 3.63) is 23.8 Å². The molecule has 1 fully saturated rings. The molecule has 0 saturated carbocycles. The van der Waals surface area contributed by atoms with Gasteiger partial charge in [0.15, 0.2) is 0 Å². The molecule has 1 aromatic carbocycles. The number of phenols is 1. The van der Waals surface area contributed by atoms with Gasteiger partial charge in [-0.25, -0.2) is 0 Å². The minimum Gasteiger partial charge on any atom is -0.508 e. The topological polar surface area (TPSA) is 78.6 Å². The van der Waals surface area contributed by atoms with Crippen molar-refractivity contribution in [2.45, 2.75) is 13.0 Å². The molecule has 1 amide bonds. The highest BCUT2D eigenvalue weighted by Gasteiger charge is 2.15. The third-order valence-electron chi connectivity index (χ3n) is 2.84. The van der Waals surface area contributed by atoms with Crippen LogP contribution >= 0.6 is 0 Å². The van der Waals surface area contributed by atoms with Gasteiger partial charge >= 0.3 is 0 Å². The van der Waals surface area contributed by atoms with Crippen LogP contribution in [-0.2, 0) is 11.3 Å². The molecule has 0 unspecified atom stereocenters. The molecular weight excluding hydrogens is 218 g/mol. The molecular formula is C12H17N3O2. The van der Waals surface area contributed by atoms with E-state index in [1.165, 1.54) is 0 Å². The number of nitrogens with one attached hydrogen (secondary N) is 1. The Labute approximate surface area is 100 Å². The summed E-state index contributed by atoms with van der Waals surface area (Å²) in [6, 6.07) is 4.99. The van der Waals surface area contributed by atoms with E-state index in [4.69, 9.17) is 5.73 Å². The summed E-state index contributed by atoms with van der Waals surface area (Å²) in [5.74, 6) is 0.259. The summed E-state index contributed by atoms with van der Waals surface area (Å²) in [6.45, 7) is 2.48. The van der Waals surface area contributed by atoms with Crippen LogP contribution in [0.15, 0.2) is 18.2 Å². The number of amides is 1. The molecule has 0 spiro atoms. The number of rotatable bonds is 2. The van der Waals surface area contributed by atoms with E-state index in [0.29, 0.717) is 18.8 Å². The van der Waals surface area contributed by atoms with Crippen molar-refractivity contribution >= 4 is 11.6 Å². The van der Waals surface area contributed by atoms with Crippen molar-refractivity contribution in [3.8, 4) is 5.75 Å². The van der Waals surface area contributed by atoms with Crippen LogP contribution in [0.4, 0.5) is 5.69 Å². The molecule has 1 aliphatic heterocycles. The van der Waals surface area contributed by atoms with Gasteiger partial charge < -0.3 is 16.2 Å². The third kappa shape index (κ3) is 3.10. The highest BCUT2D eigenvalue weighted by atomic mass is 16.3.